The van der Waals surface area contributed by atoms with Crippen molar-refractivity contribution in [3.05, 3.63) is 28.8 Å². The molecule has 0 unspecified atom stereocenters. The molecule has 1 heterocycles. The monoisotopic (exact) mass is 337 g/mol. The Morgan fingerprint density at radius 2 is 2.00 bits per heavy atom. The summed E-state index contributed by atoms with van der Waals surface area (Å²) in [7, 11) is -1.93. The van der Waals surface area contributed by atoms with Crippen LogP contribution in [0.1, 0.15) is 18.4 Å². The minimum atomic E-state index is -3.54. The summed E-state index contributed by atoms with van der Waals surface area (Å²) in [5.41, 5.74) is 0.723. The molecule has 0 aromatic heterocycles. The largest absolute Gasteiger partial charge is 0.381 e. The zero-order valence-electron chi connectivity index (χ0n) is 11.2. The average Bonchev–Trinajstić information content (AvgIpc) is 2.47. The van der Waals surface area contributed by atoms with Crippen molar-refractivity contribution in [1.29, 1.82) is 0 Å². The molecule has 0 aliphatic carbocycles. The van der Waals surface area contributed by atoms with Gasteiger partial charge in [-0.3, -0.25) is 0 Å². The van der Waals surface area contributed by atoms with Crippen molar-refractivity contribution >= 4 is 33.2 Å². The highest BCUT2D eigenvalue weighted by molar-refractivity contribution is 7.89. The lowest BCUT2D eigenvalue weighted by atomic mass is 10.1. The fourth-order valence-electron chi connectivity index (χ4n) is 2.21. The Morgan fingerprint density at radius 3 is 2.55 bits per heavy atom. The molecule has 0 spiro atoms. The molecule has 0 amide bonds. The Morgan fingerprint density at radius 1 is 1.35 bits per heavy atom. The normalized spacial score (nSPS) is 17.6. The van der Waals surface area contributed by atoms with Crippen molar-refractivity contribution in [2.45, 2.75) is 29.7 Å². The lowest BCUT2D eigenvalue weighted by Crippen LogP contribution is -2.40. The zero-order chi connectivity index (χ0) is 14.8. The van der Waals surface area contributed by atoms with E-state index in [4.69, 9.17) is 27.9 Å². The van der Waals surface area contributed by atoms with Gasteiger partial charge in [0.1, 0.15) is 0 Å². The first-order chi connectivity index (χ1) is 9.46. The van der Waals surface area contributed by atoms with E-state index in [0.717, 1.165) is 5.56 Å². The summed E-state index contributed by atoms with van der Waals surface area (Å²) in [4.78, 5) is 0.199. The van der Waals surface area contributed by atoms with Crippen LogP contribution in [0.15, 0.2) is 23.1 Å². The number of hydrogen-bond donors (Lipinski definition) is 0. The van der Waals surface area contributed by atoms with E-state index in [1.807, 2.05) is 0 Å². The molecule has 4 nitrogen and oxygen atoms in total. The predicted octanol–water partition coefficient (Wildman–Crippen LogP) is 2.88. The lowest BCUT2D eigenvalue weighted by Gasteiger charge is -2.30. The second kappa shape index (κ2) is 6.62. The van der Waals surface area contributed by atoms with E-state index in [1.54, 1.807) is 19.2 Å². The second-order valence-corrected chi connectivity index (χ2v) is 7.42. The quantitative estimate of drug-likeness (QED) is 0.793. The van der Waals surface area contributed by atoms with Crippen LogP contribution in [0.3, 0.4) is 0 Å². The van der Waals surface area contributed by atoms with Crippen LogP contribution < -0.4 is 0 Å². The van der Waals surface area contributed by atoms with Crippen LogP contribution in [0.2, 0.25) is 5.02 Å². The summed E-state index contributed by atoms with van der Waals surface area (Å²) in [6.07, 6.45) is 1.42. The number of benzene rings is 1. The standard InChI is InChI=1S/C13H17Cl2NO3S/c1-16(11-4-6-19-7-5-11)20(17,18)12-3-2-10(9-14)13(15)8-12/h2-3,8,11H,4-7,9H2,1H3. The van der Waals surface area contributed by atoms with Gasteiger partial charge in [0.05, 0.1) is 4.90 Å². The first kappa shape index (κ1) is 16.0. The van der Waals surface area contributed by atoms with Gasteiger partial charge in [0, 0.05) is 37.2 Å². The number of hydrogen-bond acceptors (Lipinski definition) is 3. The second-order valence-electron chi connectivity index (χ2n) is 4.75. The van der Waals surface area contributed by atoms with Crippen LogP contribution in [0.5, 0.6) is 0 Å². The molecule has 7 heteroatoms. The Hall–Kier alpha value is -0.330. The van der Waals surface area contributed by atoms with Gasteiger partial charge < -0.3 is 4.74 Å². The Kier molecular flexibility index (Phi) is 5.31. The van der Waals surface area contributed by atoms with Gasteiger partial charge in [0.25, 0.3) is 0 Å². The molecule has 1 fully saturated rings. The smallest absolute Gasteiger partial charge is 0.243 e. The fourth-order valence-corrected chi connectivity index (χ4v) is 4.26. The molecule has 1 aliphatic rings. The van der Waals surface area contributed by atoms with Crippen LogP contribution in [0, 0.1) is 0 Å². The summed E-state index contributed by atoms with van der Waals surface area (Å²) >= 11 is 11.8. The number of halogens is 2. The number of ether oxygens (including phenoxy) is 1. The molecule has 0 bridgehead atoms. The topological polar surface area (TPSA) is 46.6 Å². The molecular weight excluding hydrogens is 321 g/mol. The highest BCUT2D eigenvalue weighted by atomic mass is 35.5. The Bertz CT molecular complexity index is 571. The van der Waals surface area contributed by atoms with Gasteiger partial charge in [-0.1, -0.05) is 17.7 Å². The number of nitrogens with zero attached hydrogens (tertiary/aromatic N) is 1. The SMILES string of the molecule is CN(C1CCOCC1)S(=O)(=O)c1ccc(CCl)c(Cl)c1. The van der Waals surface area contributed by atoms with Crippen molar-refractivity contribution in [2.24, 2.45) is 0 Å². The molecule has 1 aromatic carbocycles. The van der Waals surface area contributed by atoms with Crippen molar-refractivity contribution in [1.82, 2.24) is 4.31 Å². The van der Waals surface area contributed by atoms with Crippen LogP contribution in [0.4, 0.5) is 0 Å². The molecule has 1 aliphatic heterocycles. The maximum atomic E-state index is 12.6. The maximum absolute atomic E-state index is 12.6. The van der Waals surface area contributed by atoms with E-state index in [-0.39, 0.29) is 16.8 Å². The minimum Gasteiger partial charge on any atom is -0.381 e. The van der Waals surface area contributed by atoms with Crippen molar-refractivity contribution in [3.8, 4) is 0 Å². The predicted molar refractivity (Wildman–Crippen MR) is 79.8 cm³/mol. The average molecular weight is 338 g/mol. The molecule has 0 N–H and O–H groups in total. The van der Waals surface area contributed by atoms with Gasteiger partial charge in [0.2, 0.25) is 10.0 Å². The third-order valence-corrected chi connectivity index (χ3v) is 6.10. The van der Waals surface area contributed by atoms with Gasteiger partial charge in [-0.15, -0.1) is 11.6 Å². The third-order valence-electron chi connectivity index (χ3n) is 3.55. The Balaban J connectivity index is 2.27. The van der Waals surface area contributed by atoms with E-state index >= 15 is 0 Å². The number of sulfonamides is 1. The summed E-state index contributed by atoms with van der Waals surface area (Å²) in [5, 5.41) is 0.376. The summed E-state index contributed by atoms with van der Waals surface area (Å²) < 4.78 is 31.8. The van der Waals surface area contributed by atoms with Crippen molar-refractivity contribution < 1.29 is 13.2 Å². The van der Waals surface area contributed by atoms with E-state index in [9.17, 15) is 8.42 Å². The molecule has 0 atom stereocenters. The van der Waals surface area contributed by atoms with Crippen LogP contribution >= 0.6 is 23.2 Å². The molecule has 1 aromatic rings. The Labute approximate surface area is 129 Å². The van der Waals surface area contributed by atoms with Gasteiger partial charge in [-0.05, 0) is 30.5 Å². The van der Waals surface area contributed by atoms with E-state index in [1.165, 1.54) is 10.4 Å². The summed E-state index contributed by atoms with van der Waals surface area (Å²) in [5.74, 6) is 0.259. The van der Waals surface area contributed by atoms with Crippen molar-refractivity contribution in [3.63, 3.8) is 0 Å². The maximum Gasteiger partial charge on any atom is 0.243 e. The zero-order valence-corrected chi connectivity index (χ0v) is 13.5. The third kappa shape index (κ3) is 3.28. The summed E-state index contributed by atoms with van der Waals surface area (Å²) in [6.45, 7) is 1.19. The first-order valence-corrected chi connectivity index (χ1v) is 8.72. The minimum absolute atomic E-state index is 0.0276. The molecule has 1 saturated heterocycles. The van der Waals surface area contributed by atoms with Gasteiger partial charge >= 0.3 is 0 Å². The highest BCUT2D eigenvalue weighted by Gasteiger charge is 2.29. The number of rotatable bonds is 4. The van der Waals surface area contributed by atoms with Gasteiger partial charge in [0.15, 0.2) is 0 Å². The van der Waals surface area contributed by atoms with Gasteiger partial charge in [-0.25, -0.2) is 8.42 Å². The highest BCUT2D eigenvalue weighted by Crippen LogP contribution is 2.26. The first-order valence-electron chi connectivity index (χ1n) is 6.37. The van der Waals surface area contributed by atoms with E-state index in [2.05, 4.69) is 0 Å². The van der Waals surface area contributed by atoms with Crippen molar-refractivity contribution in [2.75, 3.05) is 20.3 Å². The lowest BCUT2D eigenvalue weighted by molar-refractivity contribution is 0.0632. The molecule has 0 saturated carbocycles. The fraction of sp³-hybridized carbons (Fsp3) is 0.538. The van der Waals surface area contributed by atoms with Crippen LogP contribution in [-0.2, 0) is 20.6 Å². The molecule has 20 heavy (non-hydrogen) atoms. The van der Waals surface area contributed by atoms with Crippen LogP contribution in [-0.4, -0.2) is 39.0 Å². The molecule has 2 rings (SSSR count). The number of alkyl halides is 1. The van der Waals surface area contributed by atoms with Crippen LogP contribution in [0.25, 0.3) is 0 Å². The summed E-state index contributed by atoms with van der Waals surface area (Å²) in [6, 6.07) is 4.64. The molecule has 0 radical (unpaired) electrons. The van der Waals surface area contributed by atoms with Gasteiger partial charge in [-0.2, -0.15) is 4.31 Å². The van der Waals surface area contributed by atoms with E-state index < -0.39 is 10.0 Å². The molecule has 112 valence electrons. The van der Waals surface area contributed by atoms with E-state index in [0.29, 0.717) is 31.1 Å². The molecular formula is C13H17Cl2NO3S.